The van der Waals surface area contributed by atoms with Gasteiger partial charge in [-0.3, -0.25) is 14.7 Å². The molecule has 1 aliphatic heterocycles. The highest BCUT2D eigenvalue weighted by molar-refractivity contribution is 6.10. The third-order valence-corrected chi connectivity index (χ3v) is 3.93. The van der Waals surface area contributed by atoms with E-state index in [1.807, 2.05) is 24.3 Å². The Hall–Kier alpha value is -1.78. The second-order valence-corrected chi connectivity index (χ2v) is 5.43. The average molecular weight is 284 g/mol. The summed E-state index contributed by atoms with van der Waals surface area (Å²) in [6.45, 7) is 5.41. The molecule has 0 saturated carbocycles. The Bertz CT molecular complexity index is 634. The van der Waals surface area contributed by atoms with Crippen molar-refractivity contribution in [3.05, 3.63) is 42.2 Å². The lowest BCUT2D eigenvalue weighted by Gasteiger charge is -2.32. The molecule has 0 radical (unpaired) electrons. The number of hydrogen-bond donors (Lipinski definition) is 0. The number of Topliss-reactive ketones (excluding diaryl/α,β-unsaturated/α-hetero) is 1. The third kappa shape index (κ3) is 2.96. The molecule has 1 saturated heterocycles. The molecule has 0 N–H and O–H groups in total. The van der Waals surface area contributed by atoms with E-state index >= 15 is 0 Å². The van der Waals surface area contributed by atoms with Crippen LogP contribution in [0.25, 0.3) is 10.8 Å². The molecule has 0 aliphatic carbocycles. The van der Waals surface area contributed by atoms with Gasteiger partial charge in [0.25, 0.3) is 0 Å². The number of carbonyl (C=O) groups is 1. The molecule has 1 fully saturated rings. The van der Waals surface area contributed by atoms with Crippen LogP contribution in [0.4, 0.5) is 0 Å². The molecule has 1 aliphatic rings. The molecule has 2 heterocycles. The molecule has 4 nitrogen and oxygen atoms in total. The van der Waals surface area contributed by atoms with Crippen LogP contribution >= 0.6 is 0 Å². The van der Waals surface area contributed by atoms with E-state index in [0.717, 1.165) is 35.8 Å². The van der Waals surface area contributed by atoms with Crippen LogP contribution in [0.15, 0.2) is 36.7 Å². The summed E-state index contributed by atoms with van der Waals surface area (Å²) in [6, 6.07) is 7.66. The first-order valence-electron chi connectivity index (χ1n) is 7.50. The summed E-state index contributed by atoms with van der Waals surface area (Å²) in [6.07, 6.45) is 4.26. The summed E-state index contributed by atoms with van der Waals surface area (Å²) in [5.74, 6) is 0.0765. The van der Waals surface area contributed by atoms with Crippen LogP contribution in [0.1, 0.15) is 23.7 Å². The van der Waals surface area contributed by atoms with Gasteiger partial charge in [0.1, 0.15) is 6.10 Å². The zero-order valence-electron chi connectivity index (χ0n) is 12.3. The Kier molecular flexibility index (Phi) is 4.27. The molecule has 1 aromatic carbocycles. The van der Waals surface area contributed by atoms with Crippen molar-refractivity contribution in [3.8, 4) is 0 Å². The predicted octanol–water partition coefficient (Wildman–Crippen LogP) is 2.53. The van der Waals surface area contributed by atoms with Gasteiger partial charge in [0.2, 0.25) is 0 Å². The Morgan fingerprint density at radius 3 is 3.19 bits per heavy atom. The number of carbonyl (C=O) groups excluding carboxylic acids is 1. The van der Waals surface area contributed by atoms with E-state index in [1.165, 1.54) is 0 Å². The lowest BCUT2D eigenvalue weighted by atomic mass is 9.99. The Labute approximate surface area is 124 Å². The van der Waals surface area contributed by atoms with E-state index in [2.05, 4.69) is 16.8 Å². The lowest BCUT2D eigenvalue weighted by molar-refractivity contribution is -0.0162. The molecule has 0 spiro atoms. The van der Waals surface area contributed by atoms with Gasteiger partial charge in [-0.05, 0) is 24.4 Å². The molecule has 21 heavy (non-hydrogen) atoms. The summed E-state index contributed by atoms with van der Waals surface area (Å²) >= 11 is 0. The number of fused-ring (bicyclic) bond motifs is 1. The normalized spacial score (nSPS) is 19.8. The van der Waals surface area contributed by atoms with Gasteiger partial charge in [-0.15, -0.1) is 0 Å². The van der Waals surface area contributed by atoms with Crippen LogP contribution in [0, 0.1) is 0 Å². The van der Waals surface area contributed by atoms with Crippen LogP contribution in [-0.2, 0) is 4.74 Å². The molecule has 0 amide bonds. The van der Waals surface area contributed by atoms with Crippen molar-refractivity contribution in [3.63, 3.8) is 0 Å². The maximum Gasteiger partial charge on any atom is 0.193 e. The van der Waals surface area contributed by atoms with Crippen molar-refractivity contribution in [2.45, 2.75) is 19.4 Å². The first-order valence-corrected chi connectivity index (χ1v) is 7.50. The van der Waals surface area contributed by atoms with Crippen LogP contribution in [0.2, 0.25) is 0 Å². The number of ether oxygens (including phenoxy) is 1. The van der Waals surface area contributed by atoms with Gasteiger partial charge in [-0.1, -0.05) is 25.1 Å². The number of hydrogen-bond acceptors (Lipinski definition) is 4. The van der Waals surface area contributed by atoms with Crippen molar-refractivity contribution in [1.82, 2.24) is 9.88 Å². The first-order chi connectivity index (χ1) is 10.3. The highest BCUT2D eigenvalue weighted by Gasteiger charge is 2.27. The van der Waals surface area contributed by atoms with Crippen molar-refractivity contribution in [1.29, 1.82) is 0 Å². The summed E-state index contributed by atoms with van der Waals surface area (Å²) in [7, 11) is 0. The van der Waals surface area contributed by atoms with Gasteiger partial charge in [0, 0.05) is 36.4 Å². The number of ketones is 1. The molecular formula is C17H20N2O2. The summed E-state index contributed by atoms with van der Waals surface area (Å²) in [4.78, 5) is 19.2. The second kappa shape index (κ2) is 6.33. The number of aromatic nitrogens is 1. The predicted molar refractivity (Wildman–Crippen MR) is 82.5 cm³/mol. The van der Waals surface area contributed by atoms with E-state index < -0.39 is 0 Å². The van der Waals surface area contributed by atoms with Crippen molar-refractivity contribution in [2.24, 2.45) is 0 Å². The van der Waals surface area contributed by atoms with Gasteiger partial charge >= 0.3 is 0 Å². The fourth-order valence-corrected chi connectivity index (χ4v) is 2.89. The molecule has 1 atom stereocenters. The van der Waals surface area contributed by atoms with E-state index in [9.17, 15) is 4.79 Å². The summed E-state index contributed by atoms with van der Waals surface area (Å²) in [5, 5.41) is 1.94. The number of rotatable bonds is 4. The number of pyridine rings is 1. The van der Waals surface area contributed by atoms with E-state index in [1.54, 1.807) is 12.4 Å². The molecule has 4 heteroatoms. The maximum atomic E-state index is 12.8. The molecule has 3 rings (SSSR count). The fourth-order valence-electron chi connectivity index (χ4n) is 2.89. The maximum absolute atomic E-state index is 12.8. The highest BCUT2D eigenvalue weighted by atomic mass is 16.5. The standard InChI is InChI=1S/C17H20N2O2/c1-2-8-19-9-10-21-16(12-19)17(20)15-5-3-4-13-11-18-7-6-14(13)15/h3-7,11,16H,2,8-10,12H2,1H3. The van der Waals surface area contributed by atoms with Gasteiger partial charge in [0.05, 0.1) is 6.61 Å². The SMILES string of the molecule is CCCN1CCOC(C(=O)c2cccc3cnccc23)C1. The molecular weight excluding hydrogens is 264 g/mol. The third-order valence-electron chi connectivity index (χ3n) is 3.93. The minimum Gasteiger partial charge on any atom is -0.367 e. The smallest absolute Gasteiger partial charge is 0.193 e. The van der Waals surface area contributed by atoms with Gasteiger partial charge in [0.15, 0.2) is 5.78 Å². The van der Waals surface area contributed by atoms with E-state index in [-0.39, 0.29) is 11.9 Å². The van der Waals surface area contributed by atoms with Gasteiger partial charge in [-0.2, -0.15) is 0 Å². The monoisotopic (exact) mass is 284 g/mol. The lowest BCUT2D eigenvalue weighted by Crippen LogP contribution is -2.46. The van der Waals surface area contributed by atoms with Crippen LogP contribution in [-0.4, -0.2) is 48.0 Å². The molecule has 110 valence electrons. The minimum atomic E-state index is -0.357. The minimum absolute atomic E-state index is 0.0765. The summed E-state index contributed by atoms with van der Waals surface area (Å²) in [5.41, 5.74) is 0.734. The molecule has 2 aromatic rings. The van der Waals surface area contributed by atoms with Crippen LogP contribution in [0.3, 0.4) is 0 Å². The molecule has 1 unspecified atom stereocenters. The van der Waals surface area contributed by atoms with Gasteiger partial charge < -0.3 is 4.74 Å². The Morgan fingerprint density at radius 1 is 1.43 bits per heavy atom. The van der Waals surface area contributed by atoms with Crippen LogP contribution < -0.4 is 0 Å². The van der Waals surface area contributed by atoms with Crippen LogP contribution in [0.5, 0.6) is 0 Å². The first kappa shape index (κ1) is 14.2. The summed E-state index contributed by atoms with van der Waals surface area (Å²) < 4.78 is 5.71. The van der Waals surface area contributed by atoms with Gasteiger partial charge in [-0.25, -0.2) is 0 Å². The van der Waals surface area contributed by atoms with E-state index in [4.69, 9.17) is 4.74 Å². The van der Waals surface area contributed by atoms with E-state index in [0.29, 0.717) is 13.2 Å². The zero-order valence-corrected chi connectivity index (χ0v) is 12.3. The Balaban J connectivity index is 1.86. The quantitative estimate of drug-likeness (QED) is 0.809. The largest absolute Gasteiger partial charge is 0.367 e. The van der Waals surface area contributed by atoms with Crippen molar-refractivity contribution < 1.29 is 9.53 Å². The zero-order chi connectivity index (χ0) is 14.7. The van der Waals surface area contributed by atoms with Crippen molar-refractivity contribution in [2.75, 3.05) is 26.2 Å². The second-order valence-electron chi connectivity index (χ2n) is 5.43. The molecule has 0 bridgehead atoms. The number of morpholine rings is 1. The highest BCUT2D eigenvalue weighted by Crippen LogP contribution is 2.21. The topological polar surface area (TPSA) is 42.4 Å². The number of nitrogens with zero attached hydrogens (tertiary/aromatic N) is 2. The Morgan fingerprint density at radius 2 is 2.33 bits per heavy atom. The van der Waals surface area contributed by atoms with Crippen molar-refractivity contribution >= 4 is 16.6 Å². The number of benzene rings is 1. The fraction of sp³-hybridized carbons (Fsp3) is 0.412. The molecule has 1 aromatic heterocycles. The average Bonchev–Trinajstić information content (AvgIpc) is 2.54.